The number of carbonyl (C=O) groups is 3. The van der Waals surface area contributed by atoms with Crippen molar-refractivity contribution in [1.29, 1.82) is 0 Å². The summed E-state index contributed by atoms with van der Waals surface area (Å²) in [6.45, 7) is 8.74. The first-order valence-corrected chi connectivity index (χ1v) is 18.2. The van der Waals surface area contributed by atoms with Crippen LogP contribution in [0.5, 0.6) is 0 Å². The van der Waals surface area contributed by atoms with Gasteiger partial charge in [0.25, 0.3) is 0 Å². The standard InChI is InChI=1S/C35H50N4O6S/c1-24(2)27(20-25-14-8-6-9-15-25)36-30(40)22-29-32(45-29)28(21-26-16-10-7-11-17-26)37-34(42)33(35(3,4)46(5,43)44)38-31(41)23-39-18-12-13-19-39/h6-11,14-17,24,27-29,32-33H,12-13,18-23H2,1-5H3,(H,36,40)(H,37,42)(H,38,41)/t27-,28-,29-,32+,33+/m0/s1. The molecule has 0 saturated carbocycles. The van der Waals surface area contributed by atoms with E-state index in [1.807, 2.05) is 65.6 Å². The Balaban J connectivity index is 1.46. The van der Waals surface area contributed by atoms with Gasteiger partial charge in [-0.05, 0) is 69.7 Å². The van der Waals surface area contributed by atoms with E-state index in [1.165, 1.54) is 13.8 Å². The molecule has 252 valence electrons. The van der Waals surface area contributed by atoms with Crippen molar-refractivity contribution < 1.29 is 27.5 Å². The number of hydrogen-bond acceptors (Lipinski definition) is 7. The minimum atomic E-state index is -3.76. The molecule has 3 amide bonds. The van der Waals surface area contributed by atoms with E-state index in [2.05, 4.69) is 29.8 Å². The van der Waals surface area contributed by atoms with Crippen molar-refractivity contribution in [2.45, 2.75) is 94.9 Å². The van der Waals surface area contributed by atoms with Crippen LogP contribution >= 0.6 is 0 Å². The molecule has 11 heteroatoms. The van der Waals surface area contributed by atoms with Gasteiger partial charge in [-0.3, -0.25) is 19.3 Å². The first-order valence-electron chi connectivity index (χ1n) is 16.3. The third-order valence-electron chi connectivity index (χ3n) is 9.26. The quantitative estimate of drug-likeness (QED) is 0.237. The van der Waals surface area contributed by atoms with Gasteiger partial charge in [-0.25, -0.2) is 8.42 Å². The highest BCUT2D eigenvalue weighted by molar-refractivity contribution is 7.92. The Bertz CT molecular complexity index is 1430. The van der Waals surface area contributed by atoms with E-state index in [-0.39, 0.29) is 30.8 Å². The lowest BCUT2D eigenvalue weighted by Gasteiger charge is -2.33. The maximum atomic E-state index is 13.9. The van der Waals surface area contributed by atoms with E-state index >= 15 is 0 Å². The molecular weight excluding hydrogens is 604 g/mol. The lowest BCUT2D eigenvalue weighted by molar-refractivity contribution is -0.130. The van der Waals surface area contributed by atoms with Crippen LogP contribution in [-0.4, -0.2) is 92.0 Å². The second kappa shape index (κ2) is 15.5. The fourth-order valence-electron chi connectivity index (χ4n) is 5.95. The number of nitrogens with zero attached hydrogens (tertiary/aromatic N) is 1. The first-order chi connectivity index (χ1) is 21.7. The van der Waals surface area contributed by atoms with Gasteiger partial charge >= 0.3 is 0 Å². The van der Waals surface area contributed by atoms with Crippen molar-refractivity contribution in [2.75, 3.05) is 25.9 Å². The maximum absolute atomic E-state index is 13.9. The molecule has 5 atom stereocenters. The summed E-state index contributed by atoms with van der Waals surface area (Å²) in [6.07, 6.45) is 3.46. The summed E-state index contributed by atoms with van der Waals surface area (Å²) in [5, 5.41) is 8.92. The molecule has 0 radical (unpaired) electrons. The predicted molar refractivity (Wildman–Crippen MR) is 179 cm³/mol. The Kier molecular flexibility index (Phi) is 12.0. The Morgan fingerprint density at radius 2 is 1.43 bits per heavy atom. The normalized spacial score (nSPS) is 20.5. The van der Waals surface area contributed by atoms with Gasteiger partial charge in [0.05, 0.1) is 29.9 Å². The molecule has 2 aliphatic heterocycles. The van der Waals surface area contributed by atoms with Crippen molar-refractivity contribution >= 4 is 27.6 Å². The number of benzene rings is 2. The van der Waals surface area contributed by atoms with Gasteiger partial charge in [0.1, 0.15) is 12.1 Å². The van der Waals surface area contributed by atoms with Gasteiger partial charge in [0.15, 0.2) is 9.84 Å². The molecule has 0 bridgehead atoms. The first kappa shape index (κ1) is 35.6. The lowest BCUT2D eigenvalue weighted by Crippen LogP contribution is -2.63. The van der Waals surface area contributed by atoms with Crippen molar-refractivity contribution in [1.82, 2.24) is 20.9 Å². The molecule has 0 unspecified atom stereocenters. The Morgan fingerprint density at radius 3 is 1.98 bits per heavy atom. The Labute approximate surface area is 274 Å². The van der Waals surface area contributed by atoms with E-state index in [0.29, 0.717) is 12.8 Å². The summed E-state index contributed by atoms with van der Waals surface area (Å²) in [5.74, 6) is -0.906. The van der Waals surface area contributed by atoms with Gasteiger partial charge < -0.3 is 20.7 Å². The average Bonchev–Trinajstić information content (AvgIpc) is 3.56. The third-order valence-corrected chi connectivity index (χ3v) is 11.4. The summed E-state index contributed by atoms with van der Waals surface area (Å²) in [6, 6.07) is 17.7. The topological polar surface area (TPSA) is 137 Å². The number of epoxide rings is 1. The van der Waals surface area contributed by atoms with Crippen molar-refractivity contribution in [3.8, 4) is 0 Å². The zero-order valence-electron chi connectivity index (χ0n) is 27.7. The molecule has 0 aromatic heterocycles. The molecule has 46 heavy (non-hydrogen) atoms. The summed E-state index contributed by atoms with van der Waals surface area (Å²) >= 11 is 0. The summed E-state index contributed by atoms with van der Waals surface area (Å²) in [7, 11) is -3.76. The fourth-order valence-corrected chi connectivity index (χ4v) is 6.54. The van der Waals surface area contributed by atoms with Crippen LogP contribution in [0.3, 0.4) is 0 Å². The van der Waals surface area contributed by atoms with Crippen LogP contribution in [0, 0.1) is 5.92 Å². The van der Waals surface area contributed by atoms with Crippen LogP contribution in [0.1, 0.15) is 58.1 Å². The van der Waals surface area contributed by atoms with Crippen LogP contribution < -0.4 is 16.0 Å². The van der Waals surface area contributed by atoms with Gasteiger partial charge in [-0.2, -0.15) is 0 Å². The molecule has 2 aromatic rings. The SMILES string of the molecule is CC(C)[C@H](Cc1ccccc1)NC(=O)C[C@@H]1O[C@@H]1[C@H](Cc1ccccc1)NC(=O)[C@@H](NC(=O)CN1CCCC1)C(C)(C)S(C)(=O)=O. The van der Waals surface area contributed by atoms with Crippen LogP contribution in [0.15, 0.2) is 60.7 Å². The zero-order chi connectivity index (χ0) is 33.5. The van der Waals surface area contributed by atoms with E-state index < -0.39 is 50.7 Å². The molecule has 2 saturated heterocycles. The van der Waals surface area contributed by atoms with E-state index in [9.17, 15) is 22.8 Å². The minimum absolute atomic E-state index is 0.0462. The monoisotopic (exact) mass is 654 g/mol. The second-order valence-electron chi connectivity index (χ2n) is 13.6. The van der Waals surface area contributed by atoms with Gasteiger partial charge in [-0.1, -0.05) is 74.5 Å². The lowest BCUT2D eigenvalue weighted by atomic mass is 9.95. The average molecular weight is 655 g/mol. The molecule has 0 aliphatic carbocycles. The molecule has 2 fully saturated rings. The number of carbonyl (C=O) groups excluding carboxylic acids is 3. The third kappa shape index (κ3) is 9.86. The molecule has 0 spiro atoms. The summed E-state index contributed by atoms with van der Waals surface area (Å²) in [4.78, 5) is 42.1. The number of ether oxygens (including phenoxy) is 1. The van der Waals surface area contributed by atoms with Crippen LogP contribution in [0.4, 0.5) is 0 Å². The smallest absolute Gasteiger partial charge is 0.244 e. The molecule has 3 N–H and O–H groups in total. The van der Waals surface area contributed by atoms with E-state index in [0.717, 1.165) is 43.3 Å². The summed E-state index contributed by atoms with van der Waals surface area (Å²) < 4.78 is 30.1. The molecule has 10 nitrogen and oxygen atoms in total. The summed E-state index contributed by atoms with van der Waals surface area (Å²) in [5.41, 5.74) is 2.10. The van der Waals surface area contributed by atoms with Crippen LogP contribution in [0.2, 0.25) is 0 Å². The fraction of sp³-hybridized carbons (Fsp3) is 0.571. The van der Waals surface area contributed by atoms with Crippen molar-refractivity contribution in [2.24, 2.45) is 5.92 Å². The molecule has 2 heterocycles. The highest BCUT2D eigenvalue weighted by Gasteiger charge is 2.49. The zero-order valence-corrected chi connectivity index (χ0v) is 28.5. The number of likely N-dealkylation sites (tertiary alicyclic amines) is 1. The number of nitrogens with one attached hydrogen (secondary N) is 3. The number of hydrogen-bond donors (Lipinski definition) is 3. The highest BCUT2D eigenvalue weighted by Crippen LogP contribution is 2.31. The Morgan fingerprint density at radius 1 is 0.870 bits per heavy atom. The van der Waals surface area contributed by atoms with E-state index in [4.69, 9.17) is 4.74 Å². The molecular formula is C35H50N4O6S. The van der Waals surface area contributed by atoms with E-state index in [1.54, 1.807) is 0 Å². The van der Waals surface area contributed by atoms with Gasteiger partial charge in [0.2, 0.25) is 17.7 Å². The predicted octanol–water partition coefficient (Wildman–Crippen LogP) is 2.66. The maximum Gasteiger partial charge on any atom is 0.244 e. The Hall–Kier alpha value is -3.28. The molecule has 4 rings (SSSR count). The van der Waals surface area contributed by atoms with Crippen LogP contribution in [-0.2, 0) is 41.8 Å². The number of amides is 3. The van der Waals surface area contributed by atoms with Gasteiger partial charge in [-0.15, -0.1) is 0 Å². The van der Waals surface area contributed by atoms with Crippen molar-refractivity contribution in [3.63, 3.8) is 0 Å². The second-order valence-corrected chi connectivity index (χ2v) is 16.2. The van der Waals surface area contributed by atoms with Crippen LogP contribution in [0.25, 0.3) is 0 Å². The number of sulfone groups is 1. The largest absolute Gasteiger partial charge is 0.367 e. The molecule has 2 aliphatic rings. The number of rotatable bonds is 16. The van der Waals surface area contributed by atoms with Crippen molar-refractivity contribution in [3.05, 3.63) is 71.8 Å². The highest BCUT2D eigenvalue weighted by atomic mass is 32.2. The van der Waals surface area contributed by atoms with Gasteiger partial charge in [0, 0.05) is 12.3 Å². The molecule has 2 aromatic carbocycles. The minimum Gasteiger partial charge on any atom is -0.367 e.